The predicted molar refractivity (Wildman–Crippen MR) is 117 cm³/mol. The second-order valence-electron chi connectivity index (χ2n) is 7.56. The molecule has 2 aromatic carbocycles. The quantitative estimate of drug-likeness (QED) is 0.607. The van der Waals surface area contributed by atoms with Crippen LogP contribution in [0, 0.1) is 0 Å². The number of aliphatic imine (C=N–C) groups is 1. The van der Waals surface area contributed by atoms with Gasteiger partial charge in [0.05, 0.1) is 30.2 Å². The molecule has 0 bridgehead atoms. The molecule has 4 rings (SSSR count). The summed E-state index contributed by atoms with van der Waals surface area (Å²) in [5.74, 6) is -0.611. The van der Waals surface area contributed by atoms with Crippen molar-refractivity contribution in [3.63, 3.8) is 0 Å². The zero-order valence-corrected chi connectivity index (χ0v) is 18.3. The molecule has 33 heavy (non-hydrogen) atoms. The number of hydrogen-bond donors (Lipinski definition) is 2. The Morgan fingerprint density at radius 3 is 2.73 bits per heavy atom. The molecule has 0 radical (unpaired) electrons. The molecule has 0 spiro atoms. The van der Waals surface area contributed by atoms with Crippen LogP contribution in [0.4, 0.5) is 29.3 Å². The largest absolute Gasteiger partial charge is 0.416 e. The molecule has 0 aromatic heterocycles. The van der Waals surface area contributed by atoms with E-state index in [0.29, 0.717) is 28.4 Å². The number of urea groups is 1. The number of aryl methyl sites for hydroxylation is 1. The molecular weight excluding hydrogens is 461 g/mol. The number of ether oxygens (including phenoxy) is 1. The topological polar surface area (TPSA) is 83.0 Å². The number of nitrogens with zero attached hydrogens (tertiary/aromatic N) is 2. The first-order chi connectivity index (χ1) is 15.7. The van der Waals surface area contributed by atoms with E-state index in [1.807, 2.05) is 13.0 Å². The van der Waals surface area contributed by atoms with Crippen LogP contribution in [0.2, 0.25) is 5.02 Å². The third kappa shape index (κ3) is 4.81. The van der Waals surface area contributed by atoms with Gasteiger partial charge in [-0.2, -0.15) is 13.2 Å². The summed E-state index contributed by atoms with van der Waals surface area (Å²) < 4.78 is 44.4. The lowest BCUT2D eigenvalue weighted by molar-refractivity contribution is -0.137. The van der Waals surface area contributed by atoms with Gasteiger partial charge in [-0.25, -0.2) is 9.79 Å². The molecule has 1 atom stereocenters. The molecule has 1 fully saturated rings. The molecular formula is C22H20ClF3N4O3. The molecule has 1 saturated heterocycles. The number of fused-ring (bicyclic) bond motifs is 2. The second-order valence-corrected chi connectivity index (χ2v) is 7.96. The molecule has 0 unspecified atom stereocenters. The molecule has 2 N–H and O–H groups in total. The van der Waals surface area contributed by atoms with Crippen molar-refractivity contribution in [1.82, 2.24) is 10.6 Å². The highest BCUT2D eigenvalue weighted by molar-refractivity contribution is 6.46. The molecule has 2 aliphatic heterocycles. The zero-order chi connectivity index (χ0) is 23.8. The molecule has 7 nitrogen and oxygen atoms in total. The SMILES string of the molecule is CCc1cc2c(cc1Cl)N=C1C(=O)NC(=O)N[C@@H]1N2CCOCc1cccc(C(F)(F)F)c1. The van der Waals surface area contributed by atoms with E-state index < -0.39 is 29.8 Å². The van der Waals surface area contributed by atoms with Gasteiger partial charge in [0.25, 0.3) is 5.91 Å². The minimum absolute atomic E-state index is 0.0239. The summed E-state index contributed by atoms with van der Waals surface area (Å²) in [4.78, 5) is 30.4. The minimum Gasteiger partial charge on any atom is -0.375 e. The second kappa shape index (κ2) is 9.03. The van der Waals surface area contributed by atoms with Crippen LogP contribution in [0.5, 0.6) is 0 Å². The molecule has 11 heteroatoms. The van der Waals surface area contributed by atoms with Crippen molar-refractivity contribution in [1.29, 1.82) is 0 Å². The van der Waals surface area contributed by atoms with Gasteiger partial charge in [0, 0.05) is 11.6 Å². The number of nitrogens with one attached hydrogen (secondary N) is 2. The Bertz CT molecular complexity index is 1140. The number of hydrogen-bond acceptors (Lipinski definition) is 5. The first-order valence-electron chi connectivity index (χ1n) is 10.2. The Labute approximate surface area is 192 Å². The van der Waals surface area contributed by atoms with Gasteiger partial charge in [-0.05, 0) is 41.8 Å². The number of rotatable bonds is 6. The summed E-state index contributed by atoms with van der Waals surface area (Å²) in [5, 5.41) is 5.37. The van der Waals surface area contributed by atoms with E-state index in [9.17, 15) is 22.8 Å². The van der Waals surface area contributed by atoms with Crippen LogP contribution in [0.15, 0.2) is 41.4 Å². The van der Waals surface area contributed by atoms with Crippen LogP contribution >= 0.6 is 11.6 Å². The third-order valence-electron chi connectivity index (χ3n) is 5.37. The van der Waals surface area contributed by atoms with Crippen molar-refractivity contribution in [3.8, 4) is 0 Å². The summed E-state index contributed by atoms with van der Waals surface area (Å²) >= 11 is 6.32. The van der Waals surface area contributed by atoms with E-state index in [4.69, 9.17) is 16.3 Å². The smallest absolute Gasteiger partial charge is 0.375 e. The fraction of sp³-hybridized carbons (Fsp3) is 0.318. The van der Waals surface area contributed by atoms with Crippen LogP contribution < -0.4 is 15.5 Å². The number of halogens is 4. The average molecular weight is 481 g/mol. The predicted octanol–water partition coefficient (Wildman–Crippen LogP) is 4.20. The van der Waals surface area contributed by atoms with E-state index in [1.165, 1.54) is 6.07 Å². The van der Waals surface area contributed by atoms with E-state index >= 15 is 0 Å². The number of benzene rings is 2. The van der Waals surface area contributed by atoms with Crippen molar-refractivity contribution in [2.45, 2.75) is 32.3 Å². The normalized spacial score (nSPS) is 17.7. The summed E-state index contributed by atoms with van der Waals surface area (Å²) in [6.07, 6.45) is -4.57. The standard InChI is InChI=1S/C22H20ClF3N4O3/c1-2-13-9-17-16(10-15(13)23)27-18-19(28-21(32)29-20(18)31)30(17)6-7-33-11-12-4-3-5-14(8-12)22(24,25)26/h3-5,8-10,19H,2,6-7,11H2,1H3,(H2,28,29,31,32)/t19-/m1/s1. The summed E-state index contributed by atoms with van der Waals surface area (Å²) in [6, 6.07) is 7.80. The Morgan fingerprint density at radius 1 is 1.21 bits per heavy atom. The van der Waals surface area contributed by atoms with Gasteiger partial charge in [-0.3, -0.25) is 10.1 Å². The summed E-state index contributed by atoms with van der Waals surface area (Å²) in [7, 11) is 0. The minimum atomic E-state index is -4.43. The Morgan fingerprint density at radius 2 is 2.00 bits per heavy atom. The highest BCUT2D eigenvalue weighted by Gasteiger charge is 2.39. The maximum atomic E-state index is 12.9. The Balaban J connectivity index is 1.53. The summed E-state index contributed by atoms with van der Waals surface area (Å²) in [6.45, 7) is 2.29. The molecule has 174 valence electrons. The van der Waals surface area contributed by atoms with E-state index in [1.54, 1.807) is 17.0 Å². The van der Waals surface area contributed by atoms with Crippen molar-refractivity contribution in [2.24, 2.45) is 4.99 Å². The number of carbonyl (C=O) groups excluding carboxylic acids is 2. The molecule has 2 aliphatic rings. The van der Waals surface area contributed by atoms with Crippen LogP contribution in [0.3, 0.4) is 0 Å². The number of imide groups is 1. The Kier molecular flexibility index (Phi) is 6.31. The first-order valence-corrected chi connectivity index (χ1v) is 10.6. The van der Waals surface area contributed by atoms with Crippen molar-refractivity contribution in [2.75, 3.05) is 18.1 Å². The Hall–Kier alpha value is -3.11. The maximum absolute atomic E-state index is 12.9. The fourth-order valence-electron chi connectivity index (χ4n) is 3.75. The molecule has 0 aliphatic carbocycles. The van der Waals surface area contributed by atoms with Crippen LogP contribution in [0.1, 0.15) is 23.6 Å². The number of alkyl halides is 3. The lowest BCUT2D eigenvalue weighted by Gasteiger charge is -2.40. The maximum Gasteiger partial charge on any atom is 0.416 e. The van der Waals surface area contributed by atoms with E-state index in [-0.39, 0.29) is 25.5 Å². The van der Waals surface area contributed by atoms with Gasteiger partial charge in [0.2, 0.25) is 0 Å². The lowest BCUT2D eigenvalue weighted by atomic mass is 10.0. The molecule has 2 aromatic rings. The lowest BCUT2D eigenvalue weighted by Crippen LogP contribution is -2.66. The van der Waals surface area contributed by atoms with Crippen LogP contribution in [-0.2, 0) is 28.7 Å². The van der Waals surface area contributed by atoms with Gasteiger partial charge < -0.3 is 15.0 Å². The summed E-state index contributed by atoms with van der Waals surface area (Å²) in [5.41, 5.74) is 1.77. The zero-order valence-electron chi connectivity index (χ0n) is 17.5. The highest BCUT2D eigenvalue weighted by Crippen LogP contribution is 2.39. The van der Waals surface area contributed by atoms with Crippen LogP contribution in [0.25, 0.3) is 0 Å². The van der Waals surface area contributed by atoms with Gasteiger partial charge in [-0.1, -0.05) is 30.7 Å². The number of anilines is 1. The monoisotopic (exact) mass is 480 g/mol. The van der Waals surface area contributed by atoms with Crippen LogP contribution in [-0.4, -0.2) is 37.0 Å². The molecule has 3 amide bonds. The van der Waals surface area contributed by atoms with Gasteiger partial charge in [0.1, 0.15) is 5.71 Å². The van der Waals surface area contributed by atoms with E-state index in [0.717, 1.165) is 17.7 Å². The van der Waals surface area contributed by atoms with Crippen molar-refractivity contribution < 1.29 is 27.5 Å². The molecule has 0 saturated carbocycles. The highest BCUT2D eigenvalue weighted by atomic mass is 35.5. The van der Waals surface area contributed by atoms with Gasteiger partial charge in [-0.15, -0.1) is 0 Å². The van der Waals surface area contributed by atoms with Gasteiger partial charge >= 0.3 is 12.2 Å². The first kappa shape index (κ1) is 23.1. The van der Waals surface area contributed by atoms with Gasteiger partial charge in [0.15, 0.2) is 6.17 Å². The van der Waals surface area contributed by atoms with Crippen molar-refractivity contribution >= 4 is 40.6 Å². The fourth-order valence-corrected chi connectivity index (χ4v) is 4.04. The number of carbonyl (C=O) groups is 2. The van der Waals surface area contributed by atoms with E-state index in [2.05, 4.69) is 15.6 Å². The third-order valence-corrected chi connectivity index (χ3v) is 5.72. The number of amides is 3. The van der Waals surface area contributed by atoms with Crippen molar-refractivity contribution in [3.05, 3.63) is 58.1 Å². The average Bonchev–Trinajstić information content (AvgIpc) is 2.76. The molecule has 2 heterocycles.